The maximum atomic E-state index is 8.79. The number of rotatable bonds is 2. The molecule has 1 saturated heterocycles. The molecule has 1 aliphatic rings. The van der Waals surface area contributed by atoms with E-state index in [0.29, 0.717) is 12.5 Å². The van der Waals surface area contributed by atoms with Gasteiger partial charge in [0, 0.05) is 0 Å². The topological polar surface area (TPSA) is 38.7 Å². The predicted octanol–water partition coefficient (Wildman–Crippen LogP) is 0.349. The number of aliphatic hydroxyl groups is 1. The second-order valence-electron chi connectivity index (χ2n) is 2.62. The molecule has 0 aromatic carbocycles. The number of aliphatic hydroxyl groups excluding tert-OH is 1. The molecule has 1 heterocycles. The highest BCUT2D eigenvalue weighted by Gasteiger charge is 2.35. The van der Waals surface area contributed by atoms with Gasteiger partial charge in [0.15, 0.2) is 6.29 Å². The van der Waals surface area contributed by atoms with Crippen molar-refractivity contribution in [2.75, 3.05) is 19.1 Å². The first-order chi connectivity index (χ1) is 4.70. The van der Waals surface area contributed by atoms with Crippen molar-refractivity contribution in [2.45, 2.75) is 18.8 Å². The molecule has 0 aliphatic carbocycles. The summed E-state index contributed by atoms with van der Waals surface area (Å²) >= 11 is 5.46. The zero-order chi connectivity index (χ0) is 7.61. The Labute approximate surface area is 64.9 Å². The highest BCUT2D eigenvalue weighted by atomic mass is 35.5. The molecule has 0 spiro atoms. The summed E-state index contributed by atoms with van der Waals surface area (Å²) in [6.07, 6.45) is -0.348. The van der Waals surface area contributed by atoms with Gasteiger partial charge in [0.25, 0.3) is 0 Å². The van der Waals surface area contributed by atoms with Crippen LogP contribution < -0.4 is 0 Å². The van der Waals surface area contributed by atoms with Crippen molar-refractivity contribution in [3.63, 3.8) is 0 Å². The Morgan fingerprint density at radius 2 is 2.50 bits per heavy atom. The standard InChI is InChI=1S/C6H11ClO3/c1-6(3-8)4-9-5(2-7)10-6/h5,8H,2-4H2,1H3. The third-order valence-corrected chi connectivity index (χ3v) is 1.70. The van der Waals surface area contributed by atoms with E-state index in [1.165, 1.54) is 0 Å². The van der Waals surface area contributed by atoms with Gasteiger partial charge in [-0.2, -0.15) is 0 Å². The first kappa shape index (κ1) is 8.27. The minimum absolute atomic E-state index is 0.0274. The van der Waals surface area contributed by atoms with Crippen LogP contribution in [0.1, 0.15) is 6.92 Å². The largest absolute Gasteiger partial charge is 0.393 e. The maximum absolute atomic E-state index is 8.79. The molecule has 1 N–H and O–H groups in total. The fourth-order valence-electron chi connectivity index (χ4n) is 0.814. The van der Waals surface area contributed by atoms with Gasteiger partial charge >= 0.3 is 0 Å². The molecule has 60 valence electrons. The van der Waals surface area contributed by atoms with Crippen molar-refractivity contribution in [3.05, 3.63) is 0 Å². The summed E-state index contributed by atoms with van der Waals surface area (Å²) < 4.78 is 10.3. The number of halogens is 1. The van der Waals surface area contributed by atoms with Crippen molar-refractivity contribution in [1.29, 1.82) is 0 Å². The lowest BCUT2D eigenvalue weighted by atomic mass is 10.1. The Morgan fingerprint density at radius 3 is 2.80 bits per heavy atom. The summed E-state index contributed by atoms with van der Waals surface area (Å²) in [5, 5.41) is 8.79. The Morgan fingerprint density at radius 1 is 1.80 bits per heavy atom. The van der Waals surface area contributed by atoms with E-state index in [9.17, 15) is 0 Å². The highest BCUT2D eigenvalue weighted by Crippen LogP contribution is 2.22. The smallest absolute Gasteiger partial charge is 0.172 e. The average molecular weight is 167 g/mol. The van der Waals surface area contributed by atoms with E-state index >= 15 is 0 Å². The first-order valence-corrected chi connectivity index (χ1v) is 3.70. The van der Waals surface area contributed by atoms with Crippen LogP contribution in [0.5, 0.6) is 0 Å². The Hall–Kier alpha value is 0.170. The molecular formula is C6H11ClO3. The molecule has 0 radical (unpaired) electrons. The molecule has 0 aromatic heterocycles. The fourth-order valence-corrected chi connectivity index (χ4v) is 0.966. The van der Waals surface area contributed by atoms with Gasteiger partial charge in [-0.25, -0.2) is 0 Å². The fraction of sp³-hybridized carbons (Fsp3) is 1.00. The number of ether oxygens (including phenoxy) is 2. The van der Waals surface area contributed by atoms with E-state index < -0.39 is 5.60 Å². The Balaban J connectivity index is 2.41. The van der Waals surface area contributed by atoms with Crippen molar-refractivity contribution < 1.29 is 14.6 Å². The van der Waals surface area contributed by atoms with Gasteiger partial charge in [-0.1, -0.05) is 0 Å². The molecule has 1 rings (SSSR count). The van der Waals surface area contributed by atoms with Crippen LogP contribution in [0.2, 0.25) is 0 Å². The van der Waals surface area contributed by atoms with Gasteiger partial charge < -0.3 is 14.6 Å². The van der Waals surface area contributed by atoms with Gasteiger partial charge in [0.05, 0.1) is 19.1 Å². The first-order valence-electron chi connectivity index (χ1n) is 3.16. The van der Waals surface area contributed by atoms with Crippen molar-refractivity contribution >= 4 is 11.6 Å². The third-order valence-electron chi connectivity index (χ3n) is 1.45. The van der Waals surface area contributed by atoms with Crippen LogP contribution in [0.3, 0.4) is 0 Å². The van der Waals surface area contributed by atoms with Crippen LogP contribution in [0, 0.1) is 0 Å². The lowest BCUT2D eigenvalue weighted by molar-refractivity contribution is -0.0838. The monoisotopic (exact) mass is 166 g/mol. The van der Waals surface area contributed by atoms with E-state index in [1.54, 1.807) is 6.92 Å². The van der Waals surface area contributed by atoms with Gasteiger partial charge in [-0.05, 0) is 6.92 Å². The maximum Gasteiger partial charge on any atom is 0.172 e. The molecule has 0 aromatic rings. The van der Waals surface area contributed by atoms with Crippen molar-refractivity contribution in [1.82, 2.24) is 0 Å². The molecule has 3 nitrogen and oxygen atoms in total. The van der Waals surface area contributed by atoms with E-state index in [4.69, 9.17) is 26.2 Å². The number of hydrogen-bond acceptors (Lipinski definition) is 3. The molecule has 0 saturated carbocycles. The van der Waals surface area contributed by atoms with Crippen molar-refractivity contribution in [3.8, 4) is 0 Å². The van der Waals surface area contributed by atoms with Crippen LogP contribution in [-0.4, -0.2) is 36.1 Å². The second-order valence-corrected chi connectivity index (χ2v) is 2.93. The number of hydrogen-bond donors (Lipinski definition) is 1. The zero-order valence-electron chi connectivity index (χ0n) is 5.84. The van der Waals surface area contributed by atoms with Crippen LogP contribution in [0.25, 0.3) is 0 Å². The minimum atomic E-state index is -0.542. The predicted molar refractivity (Wildman–Crippen MR) is 37.0 cm³/mol. The van der Waals surface area contributed by atoms with Gasteiger partial charge in [0.2, 0.25) is 0 Å². The molecule has 2 atom stereocenters. The van der Waals surface area contributed by atoms with E-state index in [1.807, 2.05) is 0 Å². The average Bonchev–Trinajstić information content (AvgIpc) is 2.33. The quantitative estimate of drug-likeness (QED) is 0.602. The summed E-state index contributed by atoms with van der Waals surface area (Å²) in [5.41, 5.74) is -0.542. The lowest BCUT2D eigenvalue weighted by Gasteiger charge is -2.17. The Kier molecular flexibility index (Phi) is 2.52. The van der Waals surface area contributed by atoms with Gasteiger partial charge in [-0.15, -0.1) is 11.6 Å². The summed E-state index contributed by atoms with van der Waals surface area (Å²) in [4.78, 5) is 0. The molecular weight excluding hydrogens is 156 g/mol. The molecule has 1 fully saturated rings. The molecule has 2 unspecified atom stereocenters. The SMILES string of the molecule is CC1(CO)COC(CCl)O1. The van der Waals surface area contributed by atoms with E-state index in [2.05, 4.69) is 0 Å². The highest BCUT2D eigenvalue weighted by molar-refractivity contribution is 6.18. The van der Waals surface area contributed by atoms with Gasteiger partial charge in [0.1, 0.15) is 5.60 Å². The molecule has 1 aliphatic heterocycles. The van der Waals surface area contributed by atoms with E-state index in [-0.39, 0.29) is 12.9 Å². The minimum Gasteiger partial charge on any atom is -0.393 e. The van der Waals surface area contributed by atoms with Crippen LogP contribution in [-0.2, 0) is 9.47 Å². The summed E-state index contributed by atoms with van der Waals surface area (Å²) in [5.74, 6) is 0.315. The van der Waals surface area contributed by atoms with Crippen LogP contribution in [0.4, 0.5) is 0 Å². The van der Waals surface area contributed by atoms with Crippen molar-refractivity contribution in [2.24, 2.45) is 0 Å². The van der Waals surface area contributed by atoms with Crippen LogP contribution >= 0.6 is 11.6 Å². The molecule has 0 amide bonds. The van der Waals surface area contributed by atoms with Crippen LogP contribution in [0.15, 0.2) is 0 Å². The normalized spacial score (nSPS) is 40.5. The molecule has 10 heavy (non-hydrogen) atoms. The number of alkyl halides is 1. The molecule has 4 heteroatoms. The summed E-state index contributed by atoms with van der Waals surface area (Å²) in [6, 6.07) is 0. The zero-order valence-corrected chi connectivity index (χ0v) is 6.60. The third kappa shape index (κ3) is 1.61. The van der Waals surface area contributed by atoms with Gasteiger partial charge in [-0.3, -0.25) is 0 Å². The summed E-state index contributed by atoms with van der Waals surface area (Å²) in [7, 11) is 0. The lowest BCUT2D eigenvalue weighted by Crippen LogP contribution is -2.32. The molecule has 0 bridgehead atoms. The second kappa shape index (κ2) is 3.05. The summed E-state index contributed by atoms with van der Waals surface area (Å²) in [6.45, 7) is 2.18. The Bertz CT molecular complexity index is 120. The van der Waals surface area contributed by atoms with E-state index in [0.717, 1.165) is 0 Å².